The fourth-order valence-corrected chi connectivity index (χ4v) is 1.62. The van der Waals surface area contributed by atoms with E-state index < -0.39 is 0 Å². The van der Waals surface area contributed by atoms with Crippen LogP contribution in [0.4, 0.5) is 5.69 Å². The molecule has 0 saturated heterocycles. The molecule has 1 aromatic rings. The molecule has 78 valence electrons. The lowest BCUT2D eigenvalue weighted by molar-refractivity contribution is 0.266. The zero-order valence-corrected chi connectivity index (χ0v) is 8.75. The Labute approximate surface area is 89.4 Å². The molecule has 15 heavy (non-hydrogen) atoms. The van der Waals surface area contributed by atoms with Crippen LogP contribution in [0.2, 0.25) is 0 Å². The molecule has 0 amide bonds. The normalized spacial score (nSPS) is 16.9. The number of aryl methyl sites for hydroxylation is 1. The van der Waals surface area contributed by atoms with Gasteiger partial charge in [0.1, 0.15) is 6.07 Å². The molecule has 0 aromatic heterocycles. The summed E-state index contributed by atoms with van der Waals surface area (Å²) < 4.78 is 0. The van der Waals surface area contributed by atoms with E-state index in [1.807, 2.05) is 25.1 Å². The summed E-state index contributed by atoms with van der Waals surface area (Å²) in [6.45, 7) is 2.12. The zero-order chi connectivity index (χ0) is 10.9. The third-order valence-electron chi connectivity index (χ3n) is 2.85. The van der Waals surface area contributed by atoms with E-state index in [1.54, 1.807) is 0 Å². The molecule has 1 fully saturated rings. The Bertz CT molecular complexity index is 416. The van der Waals surface area contributed by atoms with Crippen LogP contribution in [0.15, 0.2) is 18.2 Å². The average molecular weight is 202 g/mol. The van der Waals surface area contributed by atoms with Gasteiger partial charge in [-0.3, -0.25) is 0 Å². The molecule has 0 aliphatic heterocycles. The van der Waals surface area contributed by atoms with E-state index in [0.717, 1.165) is 24.1 Å². The molecule has 2 N–H and O–H groups in total. The maximum absolute atomic E-state index is 9.21. The fourth-order valence-electron chi connectivity index (χ4n) is 1.62. The third-order valence-corrected chi connectivity index (χ3v) is 2.85. The first-order valence-electron chi connectivity index (χ1n) is 5.09. The summed E-state index contributed by atoms with van der Waals surface area (Å²) in [6, 6.07) is 7.84. The van der Waals surface area contributed by atoms with E-state index in [4.69, 9.17) is 5.26 Å². The van der Waals surface area contributed by atoms with Crippen molar-refractivity contribution in [1.82, 2.24) is 0 Å². The molecule has 0 atom stereocenters. The predicted molar refractivity (Wildman–Crippen MR) is 58.6 cm³/mol. The van der Waals surface area contributed by atoms with Crippen LogP contribution in [-0.2, 0) is 0 Å². The van der Waals surface area contributed by atoms with Crippen molar-refractivity contribution in [3.05, 3.63) is 29.3 Å². The minimum Gasteiger partial charge on any atom is -0.394 e. The fraction of sp³-hybridized carbons (Fsp3) is 0.417. The lowest BCUT2D eigenvalue weighted by Crippen LogP contribution is -2.26. The Hall–Kier alpha value is -1.53. The number of anilines is 1. The second kappa shape index (κ2) is 3.56. The van der Waals surface area contributed by atoms with Crippen molar-refractivity contribution in [3.8, 4) is 6.07 Å². The molecule has 0 bridgehead atoms. The monoisotopic (exact) mass is 202 g/mol. The van der Waals surface area contributed by atoms with Gasteiger partial charge < -0.3 is 10.4 Å². The molecule has 1 aliphatic rings. The summed E-state index contributed by atoms with van der Waals surface area (Å²) in [4.78, 5) is 0. The number of hydrogen-bond donors (Lipinski definition) is 2. The largest absolute Gasteiger partial charge is 0.394 e. The van der Waals surface area contributed by atoms with Crippen LogP contribution in [0.3, 0.4) is 0 Å². The molecule has 3 nitrogen and oxygen atoms in total. The molecule has 1 aliphatic carbocycles. The minimum atomic E-state index is -0.167. The molecule has 2 rings (SSSR count). The van der Waals surface area contributed by atoms with Crippen molar-refractivity contribution >= 4 is 5.69 Å². The zero-order valence-electron chi connectivity index (χ0n) is 8.75. The van der Waals surface area contributed by atoms with Gasteiger partial charge in [-0.05, 0) is 37.5 Å². The highest BCUT2D eigenvalue weighted by molar-refractivity contribution is 5.61. The molecule has 1 aromatic carbocycles. The second-order valence-electron chi connectivity index (χ2n) is 4.22. The molecule has 3 heteroatoms. The molecule has 0 heterocycles. The number of aliphatic hydroxyl groups excluding tert-OH is 1. The van der Waals surface area contributed by atoms with Crippen LogP contribution in [0.5, 0.6) is 0 Å². The highest BCUT2D eigenvalue weighted by Crippen LogP contribution is 2.39. The summed E-state index contributed by atoms with van der Waals surface area (Å²) in [6.07, 6.45) is 1.95. The number of nitrogens with zero attached hydrogens (tertiary/aromatic N) is 1. The second-order valence-corrected chi connectivity index (χ2v) is 4.22. The van der Waals surface area contributed by atoms with Crippen molar-refractivity contribution in [2.24, 2.45) is 0 Å². The molecular formula is C12H14N2O. The molecular weight excluding hydrogens is 188 g/mol. The lowest BCUT2D eigenvalue weighted by Gasteiger charge is -2.17. The smallest absolute Gasteiger partial charge is 0.101 e. The van der Waals surface area contributed by atoms with E-state index in [1.165, 1.54) is 0 Å². The SMILES string of the molecule is Cc1ccc(C#N)c(NC2(CO)CC2)c1. The molecule has 0 radical (unpaired) electrons. The maximum atomic E-state index is 9.21. The van der Waals surface area contributed by atoms with Crippen molar-refractivity contribution < 1.29 is 5.11 Å². The standard InChI is InChI=1S/C12H14N2O/c1-9-2-3-10(7-13)11(6-9)14-12(8-15)4-5-12/h2-3,6,14-15H,4-5,8H2,1H3. The number of nitrogens with one attached hydrogen (secondary N) is 1. The van der Waals surface area contributed by atoms with E-state index in [2.05, 4.69) is 11.4 Å². The van der Waals surface area contributed by atoms with Gasteiger partial charge in [0.25, 0.3) is 0 Å². The van der Waals surface area contributed by atoms with Gasteiger partial charge in [0.2, 0.25) is 0 Å². The Morgan fingerprint density at radius 3 is 2.80 bits per heavy atom. The van der Waals surface area contributed by atoms with Crippen LogP contribution in [0.25, 0.3) is 0 Å². The molecule has 1 saturated carbocycles. The Morgan fingerprint density at radius 2 is 2.27 bits per heavy atom. The first-order valence-corrected chi connectivity index (χ1v) is 5.09. The summed E-state index contributed by atoms with van der Waals surface area (Å²) in [5.41, 5.74) is 2.42. The van der Waals surface area contributed by atoms with Crippen LogP contribution in [0, 0.1) is 18.3 Å². The van der Waals surface area contributed by atoms with Gasteiger partial charge in [0, 0.05) is 0 Å². The number of nitriles is 1. The van der Waals surface area contributed by atoms with E-state index in [9.17, 15) is 5.11 Å². The van der Waals surface area contributed by atoms with Crippen LogP contribution >= 0.6 is 0 Å². The van der Waals surface area contributed by atoms with Gasteiger partial charge >= 0.3 is 0 Å². The van der Waals surface area contributed by atoms with Crippen molar-refractivity contribution in [2.45, 2.75) is 25.3 Å². The highest BCUT2D eigenvalue weighted by atomic mass is 16.3. The highest BCUT2D eigenvalue weighted by Gasteiger charge is 2.42. The van der Waals surface area contributed by atoms with E-state index >= 15 is 0 Å². The number of rotatable bonds is 3. The summed E-state index contributed by atoms with van der Waals surface area (Å²) in [5.74, 6) is 0. The van der Waals surface area contributed by atoms with E-state index in [-0.39, 0.29) is 12.1 Å². The first-order chi connectivity index (χ1) is 7.19. The Kier molecular flexibility index (Phi) is 2.37. The van der Waals surface area contributed by atoms with Gasteiger partial charge in [-0.15, -0.1) is 0 Å². The van der Waals surface area contributed by atoms with Gasteiger partial charge in [0.05, 0.1) is 23.4 Å². The number of aliphatic hydroxyl groups is 1. The summed E-state index contributed by atoms with van der Waals surface area (Å²) in [5, 5.41) is 21.4. The summed E-state index contributed by atoms with van der Waals surface area (Å²) in [7, 11) is 0. The van der Waals surface area contributed by atoms with Crippen molar-refractivity contribution in [2.75, 3.05) is 11.9 Å². The van der Waals surface area contributed by atoms with Crippen molar-refractivity contribution in [3.63, 3.8) is 0 Å². The number of benzene rings is 1. The summed E-state index contributed by atoms with van der Waals surface area (Å²) >= 11 is 0. The van der Waals surface area contributed by atoms with E-state index in [0.29, 0.717) is 5.56 Å². The number of hydrogen-bond acceptors (Lipinski definition) is 3. The van der Waals surface area contributed by atoms with Crippen LogP contribution in [-0.4, -0.2) is 17.3 Å². The van der Waals surface area contributed by atoms with Gasteiger partial charge in [-0.1, -0.05) is 6.07 Å². The maximum Gasteiger partial charge on any atom is 0.101 e. The quantitative estimate of drug-likeness (QED) is 0.785. The topological polar surface area (TPSA) is 56.0 Å². The average Bonchev–Trinajstić information content (AvgIpc) is 2.99. The van der Waals surface area contributed by atoms with Gasteiger partial charge in [-0.25, -0.2) is 0 Å². The lowest BCUT2D eigenvalue weighted by atomic mass is 10.1. The molecule has 0 spiro atoms. The van der Waals surface area contributed by atoms with Crippen LogP contribution < -0.4 is 5.32 Å². The third kappa shape index (κ3) is 1.95. The Balaban J connectivity index is 2.27. The predicted octanol–water partition coefficient (Wildman–Crippen LogP) is 1.80. The van der Waals surface area contributed by atoms with Gasteiger partial charge in [-0.2, -0.15) is 5.26 Å². The molecule has 0 unspecified atom stereocenters. The van der Waals surface area contributed by atoms with Crippen LogP contribution in [0.1, 0.15) is 24.0 Å². The van der Waals surface area contributed by atoms with Crippen molar-refractivity contribution in [1.29, 1.82) is 5.26 Å². The Morgan fingerprint density at radius 1 is 1.53 bits per heavy atom. The van der Waals surface area contributed by atoms with Gasteiger partial charge in [0.15, 0.2) is 0 Å². The first kappa shape index (κ1) is 10.0. The minimum absolute atomic E-state index is 0.131.